The van der Waals surface area contributed by atoms with Crippen molar-refractivity contribution in [3.8, 4) is 16.2 Å². The van der Waals surface area contributed by atoms with Gasteiger partial charge >= 0.3 is 0 Å². The zero-order valence-corrected chi connectivity index (χ0v) is 28.4. The largest absolute Gasteiger partial charge is 0.488 e. The fourth-order valence-corrected chi connectivity index (χ4v) is 7.13. The van der Waals surface area contributed by atoms with Crippen LogP contribution in [0.1, 0.15) is 81.7 Å². The number of nitrogens with zero attached hydrogens (tertiary/aromatic N) is 3. The molecular formula is C35H43FN4O5S. The van der Waals surface area contributed by atoms with Crippen molar-refractivity contribution in [1.29, 1.82) is 0 Å². The van der Waals surface area contributed by atoms with E-state index in [-0.39, 0.29) is 19.0 Å². The topological polar surface area (TPSA) is 112 Å². The third-order valence-corrected chi connectivity index (χ3v) is 9.40. The van der Waals surface area contributed by atoms with Crippen LogP contribution in [0.4, 0.5) is 4.39 Å². The maximum atomic E-state index is 15.7. The number of hydrogen-bond donors (Lipinski definition) is 2. The Bertz CT molecular complexity index is 1640. The first-order valence-corrected chi connectivity index (χ1v) is 16.4. The van der Waals surface area contributed by atoms with E-state index < -0.39 is 53.2 Å². The highest BCUT2D eigenvalue weighted by Crippen LogP contribution is 2.38. The summed E-state index contributed by atoms with van der Waals surface area (Å²) >= 11 is 1.52. The van der Waals surface area contributed by atoms with Gasteiger partial charge in [-0.2, -0.15) is 0 Å². The molecule has 5 atom stereocenters. The van der Waals surface area contributed by atoms with Gasteiger partial charge in [0.15, 0.2) is 6.17 Å². The smallest absolute Gasteiger partial charge is 0.255 e. The second-order valence-corrected chi connectivity index (χ2v) is 15.1. The Morgan fingerprint density at radius 1 is 1.13 bits per heavy atom. The van der Waals surface area contributed by atoms with E-state index >= 15 is 4.39 Å². The molecule has 246 valence electrons. The molecular weight excluding hydrogens is 607 g/mol. The zero-order valence-electron chi connectivity index (χ0n) is 27.6. The van der Waals surface area contributed by atoms with E-state index in [0.29, 0.717) is 16.9 Å². The Morgan fingerprint density at radius 2 is 1.83 bits per heavy atom. The van der Waals surface area contributed by atoms with Crippen molar-refractivity contribution >= 4 is 29.1 Å². The number of aliphatic hydroxyl groups excluding tert-OH is 1. The van der Waals surface area contributed by atoms with Gasteiger partial charge < -0.3 is 25.0 Å². The van der Waals surface area contributed by atoms with Gasteiger partial charge in [-0.1, -0.05) is 51.1 Å². The molecule has 0 aliphatic carbocycles. The highest BCUT2D eigenvalue weighted by molar-refractivity contribution is 7.13. The first kappa shape index (κ1) is 33.5. The minimum atomic E-state index is -2.01. The molecule has 2 N–H and O–H groups in total. The van der Waals surface area contributed by atoms with E-state index in [1.807, 2.05) is 78.8 Å². The maximum absolute atomic E-state index is 15.7. The summed E-state index contributed by atoms with van der Waals surface area (Å²) in [7, 11) is 0. The Kier molecular flexibility index (Phi) is 9.04. The molecule has 46 heavy (non-hydrogen) atoms. The molecule has 1 saturated heterocycles. The summed E-state index contributed by atoms with van der Waals surface area (Å²) in [5.74, 6) is -1.06. The SMILES string of the molecule is Cc1ncsc1-c1ccc([C@H](C)NC(=O)[C@@H]2[C@@H](F)[C@@H](O)CN2C(=O)[C@@H](N2Cc3ccccc3C2=O)C(C)(C)C)c(OC(C)(C)C)c1. The summed E-state index contributed by atoms with van der Waals surface area (Å²) in [4.78, 5) is 49.5. The lowest BCUT2D eigenvalue weighted by atomic mass is 9.84. The zero-order chi connectivity index (χ0) is 33.7. The number of hydrogen-bond acceptors (Lipinski definition) is 7. The molecule has 3 aromatic rings. The summed E-state index contributed by atoms with van der Waals surface area (Å²) in [6.07, 6.45) is -3.56. The molecule has 1 aromatic heterocycles. The van der Waals surface area contributed by atoms with E-state index in [4.69, 9.17) is 4.74 Å². The number of carbonyl (C=O) groups is 3. The normalized spacial score (nSPS) is 21.3. The van der Waals surface area contributed by atoms with E-state index in [2.05, 4.69) is 10.3 Å². The Hall–Kier alpha value is -3.83. The molecule has 0 spiro atoms. The Morgan fingerprint density at radius 3 is 2.43 bits per heavy atom. The molecule has 2 aromatic carbocycles. The highest BCUT2D eigenvalue weighted by atomic mass is 32.1. The van der Waals surface area contributed by atoms with E-state index in [1.165, 1.54) is 16.2 Å². The van der Waals surface area contributed by atoms with Crippen LogP contribution in [0.25, 0.3) is 10.4 Å². The minimum absolute atomic E-state index is 0.222. The van der Waals surface area contributed by atoms with Crippen molar-refractivity contribution in [3.63, 3.8) is 0 Å². The molecule has 9 nitrogen and oxygen atoms in total. The average molecular weight is 651 g/mol. The van der Waals surface area contributed by atoms with Crippen LogP contribution < -0.4 is 10.1 Å². The summed E-state index contributed by atoms with van der Waals surface area (Å²) in [6, 6.07) is 9.67. The van der Waals surface area contributed by atoms with Gasteiger partial charge in [0, 0.05) is 17.7 Å². The Labute approximate surface area is 273 Å². The lowest BCUT2D eigenvalue weighted by Crippen LogP contribution is -2.59. The van der Waals surface area contributed by atoms with E-state index in [1.54, 1.807) is 24.6 Å². The molecule has 0 saturated carbocycles. The van der Waals surface area contributed by atoms with Crippen LogP contribution in [-0.2, 0) is 16.1 Å². The van der Waals surface area contributed by atoms with E-state index in [0.717, 1.165) is 26.6 Å². The van der Waals surface area contributed by atoms with Crippen molar-refractivity contribution < 1.29 is 28.6 Å². The van der Waals surface area contributed by atoms with Gasteiger partial charge in [-0.3, -0.25) is 14.4 Å². The van der Waals surface area contributed by atoms with Crippen LogP contribution >= 0.6 is 11.3 Å². The van der Waals surface area contributed by atoms with Crippen molar-refractivity contribution in [3.05, 3.63) is 70.4 Å². The number of likely N-dealkylation sites (tertiary alicyclic amines) is 1. The first-order valence-electron chi connectivity index (χ1n) is 15.5. The van der Waals surface area contributed by atoms with Crippen LogP contribution in [0.5, 0.6) is 5.75 Å². The van der Waals surface area contributed by atoms with Gasteiger partial charge in [-0.25, -0.2) is 9.37 Å². The fourth-order valence-electron chi connectivity index (χ4n) is 6.33. The molecule has 0 radical (unpaired) electrons. The molecule has 5 rings (SSSR count). The van der Waals surface area contributed by atoms with Crippen molar-refractivity contribution in [2.24, 2.45) is 5.41 Å². The number of aromatic nitrogens is 1. The molecule has 1 fully saturated rings. The van der Waals surface area contributed by atoms with Crippen LogP contribution in [0.15, 0.2) is 48.0 Å². The number of rotatable bonds is 7. The number of thiazole rings is 1. The number of halogens is 1. The fraction of sp³-hybridized carbons (Fsp3) is 0.486. The second kappa shape index (κ2) is 12.4. The molecule has 3 heterocycles. The maximum Gasteiger partial charge on any atom is 0.255 e. The summed E-state index contributed by atoms with van der Waals surface area (Å²) in [5.41, 5.74) is 4.30. The highest BCUT2D eigenvalue weighted by Gasteiger charge is 2.53. The molecule has 2 aliphatic rings. The van der Waals surface area contributed by atoms with Crippen LogP contribution in [-0.4, -0.2) is 74.1 Å². The molecule has 3 amide bonds. The number of aryl methyl sites for hydroxylation is 1. The molecule has 2 aliphatic heterocycles. The standard InChI is InChI=1S/C35H43FN4O5S/c1-19(23-14-13-21(29-20(2)37-18-46-29)15-26(23)45-35(6,7)8)38-31(42)28-27(36)25(41)17-39(28)33(44)30(34(3,4)5)40-16-22-11-9-10-12-24(22)32(40)43/h9-15,18-19,25,27-28,30,41H,16-17H2,1-8H3,(H,38,42)/t19-,25-,27-,28-,30+/m0/s1. The van der Waals surface area contributed by atoms with Gasteiger partial charge in [-0.05, 0) is 63.3 Å². The van der Waals surface area contributed by atoms with Crippen LogP contribution in [0.3, 0.4) is 0 Å². The summed E-state index contributed by atoms with van der Waals surface area (Å²) in [6.45, 7) is 14.8. The van der Waals surface area contributed by atoms with Gasteiger partial charge in [0.2, 0.25) is 11.8 Å². The summed E-state index contributed by atoms with van der Waals surface area (Å²) < 4.78 is 22.0. The average Bonchev–Trinajstić information content (AvgIpc) is 3.62. The number of ether oxygens (including phenoxy) is 1. The quantitative estimate of drug-likeness (QED) is 0.352. The third kappa shape index (κ3) is 6.53. The number of carbonyl (C=O) groups excluding carboxylic acids is 3. The number of alkyl halides is 1. The van der Waals surface area contributed by atoms with Crippen molar-refractivity contribution in [2.75, 3.05) is 6.54 Å². The van der Waals surface area contributed by atoms with Gasteiger partial charge in [-0.15, -0.1) is 11.3 Å². The molecule has 0 unspecified atom stereocenters. The first-order chi connectivity index (χ1) is 21.5. The predicted octanol–water partition coefficient (Wildman–Crippen LogP) is 5.45. The number of fused-ring (bicyclic) bond motifs is 1. The number of aliphatic hydroxyl groups is 1. The van der Waals surface area contributed by atoms with Crippen molar-refractivity contribution in [2.45, 2.75) is 97.9 Å². The minimum Gasteiger partial charge on any atom is -0.488 e. The second-order valence-electron chi connectivity index (χ2n) is 14.3. The van der Waals surface area contributed by atoms with Crippen LogP contribution in [0.2, 0.25) is 0 Å². The van der Waals surface area contributed by atoms with Crippen molar-refractivity contribution in [1.82, 2.24) is 20.1 Å². The number of nitrogens with one attached hydrogen (secondary N) is 1. The van der Waals surface area contributed by atoms with Gasteiger partial charge in [0.1, 0.15) is 29.5 Å². The number of amides is 3. The lowest BCUT2D eigenvalue weighted by Gasteiger charge is -2.40. The number of β-amino-alcohol motifs (C(OH)–C–C–N with tert-alkyl or cyclic N) is 1. The van der Waals surface area contributed by atoms with Gasteiger partial charge in [0.05, 0.1) is 28.7 Å². The number of benzene rings is 2. The van der Waals surface area contributed by atoms with Crippen LogP contribution in [0, 0.1) is 12.3 Å². The summed E-state index contributed by atoms with van der Waals surface area (Å²) in [5, 5.41) is 13.5. The third-order valence-electron chi connectivity index (χ3n) is 8.42. The lowest BCUT2D eigenvalue weighted by molar-refractivity contribution is -0.146. The Balaban J connectivity index is 1.42. The molecule has 0 bridgehead atoms. The monoisotopic (exact) mass is 650 g/mol. The molecule has 11 heteroatoms. The van der Waals surface area contributed by atoms with E-state index in [9.17, 15) is 19.5 Å². The predicted molar refractivity (Wildman–Crippen MR) is 175 cm³/mol. The van der Waals surface area contributed by atoms with Gasteiger partial charge in [0.25, 0.3) is 5.91 Å².